The SMILES string of the molecule is CCNc1cncc(C(=O)NC2CCCC(SC)C2)n1. The Balaban J connectivity index is 1.95. The number of nitrogens with one attached hydrogen (secondary N) is 2. The van der Waals surface area contributed by atoms with Crippen LogP contribution in [0.2, 0.25) is 0 Å². The molecule has 0 aromatic carbocycles. The Morgan fingerprint density at radius 3 is 3.05 bits per heavy atom. The Morgan fingerprint density at radius 1 is 1.45 bits per heavy atom. The van der Waals surface area contributed by atoms with Gasteiger partial charge in [-0.05, 0) is 32.4 Å². The Labute approximate surface area is 124 Å². The maximum absolute atomic E-state index is 12.2. The monoisotopic (exact) mass is 294 g/mol. The van der Waals surface area contributed by atoms with Crippen molar-refractivity contribution in [3.63, 3.8) is 0 Å². The molecular weight excluding hydrogens is 272 g/mol. The van der Waals surface area contributed by atoms with E-state index in [0.717, 1.165) is 19.4 Å². The van der Waals surface area contributed by atoms with Gasteiger partial charge >= 0.3 is 0 Å². The standard InChI is InChI=1S/C14H22N4OS/c1-3-16-13-9-15-8-12(18-13)14(19)17-10-5-4-6-11(7-10)20-2/h8-11H,3-7H2,1-2H3,(H,16,18)(H,17,19). The molecule has 1 aliphatic carbocycles. The van der Waals surface area contributed by atoms with Crippen LogP contribution in [0.15, 0.2) is 12.4 Å². The minimum Gasteiger partial charge on any atom is -0.369 e. The van der Waals surface area contributed by atoms with E-state index in [0.29, 0.717) is 16.8 Å². The topological polar surface area (TPSA) is 66.9 Å². The van der Waals surface area contributed by atoms with E-state index >= 15 is 0 Å². The van der Waals surface area contributed by atoms with Crippen LogP contribution in [0.3, 0.4) is 0 Å². The number of carbonyl (C=O) groups excluding carboxylic acids is 1. The average Bonchev–Trinajstić information content (AvgIpc) is 2.48. The number of nitrogens with zero attached hydrogens (tertiary/aromatic N) is 2. The predicted molar refractivity (Wildman–Crippen MR) is 83.2 cm³/mol. The highest BCUT2D eigenvalue weighted by Crippen LogP contribution is 2.26. The molecule has 0 bridgehead atoms. The van der Waals surface area contributed by atoms with Crippen LogP contribution in [-0.4, -0.2) is 40.0 Å². The van der Waals surface area contributed by atoms with E-state index in [1.807, 2.05) is 18.7 Å². The van der Waals surface area contributed by atoms with Crippen LogP contribution in [-0.2, 0) is 0 Å². The van der Waals surface area contributed by atoms with E-state index in [1.54, 1.807) is 6.20 Å². The Kier molecular flexibility index (Phi) is 5.64. The molecule has 1 aliphatic rings. The van der Waals surface area contributed by atoms with Crippen LogP contribution in [0, 0.1) is 0 Å². The van der Waals surface area contributed by atoms with Crippen LogP contribution in [0.4, 0.5) is 5.82 Å². The number of carbonyl (C=O) groups is 1. The lowest BCUT2D eigenvalue weighted by molar-refractivity contribution is 0.0923. The summed E-state index contributed by atoms with van der Waals surface area (Å²) in [6.07, 6.45) is 9.83. The number of rotatable bonds is 5. The Hall–Kier alpha value is -1.30. The van der Waals surface area contributed by atoms with Crippen LogP contribution < -0.4 is 10.6 Å². The number of amides is 1. The van der Waals surface area contributed by atoms with E-state index in [9.17, 15) is 4.79 Å². The summed E-state index contributed by atoms with van der Waals surface area (Å²) in [5.41, 5.74) is 0.384. The van der Waals surface area contributed by atoms with Gasteiger partial charge in [0, 0.05) is 17.8 Å². The van der Waals surface area contributed by atoms with Crippen molar-refractivity contribution in [3.05, 3.63) is 18.1 Å². The lowest BCUT2D eigenvalue weighted by atomic mass is 9.95. The molecule has 2 unspecified atom stereocenters. The molecule has 1 aromatic heterocycles. The van der Waals surface area contributed by atoms with Crippen molar-refractivity contribution in [2.45, 2.75) is 43.9 Å². The minimum atomic E-state index is -0.121. The lowest BCUT2D eigenvalue weighted by Gasteiger charge is -2.28. The van der Waals surface area contributed by atoms with Gasteiger partial charge in [0.05, 0.1) is 12.4 Å². The molecule has 0 aliphatic heterocycles. The molecule has 20 heavy (non-hydrogen) atoms. The quantitative estimate of drug-likeness (QED) is 0.872. The summed E-state index contributed by atoms with van der Waals surface area (Å²) in [5, 5.41) is 6.81. The number of hydrogen-bond donors (Lipinski definition) is 2. The summed E-state index contributed by atoms with van der Waals surface area (Å²) in [6.45, 7) is 2.75. The summed E-state index contributed by atoms with van der Waals surface area (Å²) in [4.78, 5) is 20.6. The average molecular weight is 294 g/mol. The third-order valence-corrected chi connectivity index (χ3v) is 4.61. The van der Waals surface area contributed by atoms with Gasteiger partial charge in [-0.2, -0.15) is 11.8 Å². The molecule has 6 heteroatoms. The van der Waals surface area contributed by atoms with E-state index in [4.69, 9.17) is 0 Å². The van der Waals surface area contributed by atoms with Crippen molar-refractivity contribution in [1.29, 1.82) is 0 Å². The van der Waals surface area contributed by atoms with Crippen LogP contribution in [0.1, 0.15) is 43.1 Å². The van der Waals surface area contributed by atoms with Gasteiger partial charge in [-0.25, -0.2) is 4.98 Å². The zero-order valence-corrected chi connectivity index (χ0v) is 12.9. The maximum Gasteiger partial charge on any atom is 0.271 e. The van der Waals surface area contributed by atoms with Crippen molar-refractivity contribution in [2.75, 3.05) is 18.1 Å². The first-order chi connectivity index (χ1) is 9.72. The molecule has 0 radical (unpaired) electrons. The van der Waals surface area contributed by atoms with E-state index in [2.05, 4.69) is 26.9 Å². The first-order valence-electron chi connectivity index (χ1n) is 7.12. The molecule has 110 valence electrons. The van der Waals surface area contributed by atoms with Crippen molar-refractivity contribution < 1.29 is 4.79 Å². The van der Waals surface area contributed by atoms with Crippen molar-refractivity contribution >= 4 is 23.5 Å². The molecule has 1 fully saturated rings. The van der Waals surface area contributed by atoms with Crippen LogP contribution in [0.25, 0.3) is 0 Å². The Bertz CT molecular complexity index is 455. The summed E-state index contributed by atoms with van der Waals surface area (Å²) in [5.74, 6) is 0.523. The molecule has 2 rings (SSSR count). The normalized spacial score (nSPS) is 22.3. The summed E-state index contributed by atoms with van der Waals surface area (Å²) < 4.78 is 0. The third-order valence-electron chi connectivity index (χ3n) is 3.52. The molecule has 1 aromatic rings. The second-order valence-corrected chi connectivity index (χ2v) is 6.15. The molecule has 2 atom stereocenters. The molecule has 1 heterocycles. The van der Waals surface area contributed by atoms with Gasteiger partial charge in [0.1, 0.15) is 11.5 Å². The van der Waals surface area contributed by atoms with Gasteiger partial charge in [0.25, 0.3) is 5.91 Å². The van der Waals surface area contributed by atoms with E-state index in [-0.39, 0.29) is 11.9 Å². The van der Waals surface area contributed by atoms with Crippen molar-refractivity contribution in [2.24, 2.45) is 0 Å². The molecule has 0 saturated heterocycles. The molecule has 0 spiro atoms. The third kappa shape index (κ3) is 4.10. The first kappa shape index (κ1) is 15.1. The summed E-state index contributed by atoms with van der Waals surface area (Å²) in [6, 6.07) is 0.262. The van der Waals surface area contributed by atoms with Gasteiger partial charge < -0.3 is 10.6 Å². The number of anilines is 1. The smallest absolute Gasteiger partial charge is 0.271 e. The Morgan fingerprint density at radius 2 is 2.30 bits per heavy atom. The fourth-order valence-corrected chi connectivity index (χ4v) is 3.32. The number of hydrogen-bond acceptors (Lipinski definition) is 5. The highest BCUT2D eigenvalue weighted by molar-refractivity contribution is 7.99. The molecule has 2 N–H and O–H groups in total. The highest BCUT2D eigenvalue weighted by Gasteiger charge is 2.23. The van der Waals surface area contributed by atoms with Crippen LogP contribution in [0.5, 0.6) is 0 Å². The molecular formula is C14H22N4OS. The highest BCUT2D eigenvalue weighted by atomic mass is 32.2. The fraction of sp³-hybridized carbons (Fsp3) is 0.643. The van der Waals surface area contributed by atoms with E-state index in [1.165, 1.54) is 19.0 Å². The predicted octanol–water partition coefficient (Wildman–Crippen LogP) is 2.31. The first-order valence-corrected chi connectivity index (χ1v) is 8.41. The largest absolute Gasteiger partial charge is 0.369 e. The number of thioether (sulfide) groups is 1. The van der Waals surface area contributed by atoms with Gasteiger partial charge in [-0.3, -0.25) is 9.78 Å². The van der Waals surface area contributed by atoms with Gasteiger partial charge in [0.15, 0.2) is 0 Å². The van der Waals surface area contributed by atoms with Gasteiger partial charge in [-0.15, -0.1) is 0 Å². The van der Waals surface area contributed by atoms with Crippen molar-refractivity contribution in [3.8, 4) is 0 Å². The number of aromatic nitrogens is 2. The summed E-state index contributed by atoms with van der Waals surface area (Å²) in [7, 11) is 0. The van der Waals surface area contributed by atoms with Crippen molar-refractivity contribution in [1.82, 2.24) is 15.3 Å². The van der Waals surface area contributed by atoms with E-state index < -0.39 is 0 Å². The zero-order chi connectivity index (χ0) is 14.4. The van der Waals surface area contributed by atoms with Crippen LogP contribution >= 0.6 is 11.8 Å². The zero-order valence-electron chi connectivity index (χ0n) is 12.1. The molecule has 5 nitrogen and oxygen atoms in total. The fourth-order valence-electron chi connectivity index (χ4n) is 2.49. The van der Waals surface area contributed by atoms with Gasteiger partial charge in [0.2, 0.25) is 0 Å². The molecule has 1 saturated carbocycles. The van der Waals surface area contributed by atoms with Gasteiger partial charge in [-0.1, -0.05) is 6.42 Å². The lowest BCUT2D eigenvalue weighted by Crippen LogP contribution is -2.39. The summed E-state index contributed by atoms with van der Waals surface area (Å²) >= 11 is 1.89. The molecule has 1 amide bonds. The maximum atomic E-state index is 12.2. The second-order valence-electron chi connectivity index (χ2n) is 5.01. The minimum absolute atomic E-state index is 0.121. The second kappa shape index (κ2) is 7.47.